The number of halogens is 2. The first kappa shape index (κ1) is 30.7. The minimum absolute atomic E-state index is 0. The fraction of sp³-hybridized carbons (Fsp3) is 0.423. The van der Waals surface area contributed by atoms with E-state index >= 15 is 0 Å². The Bertz CT molecular complexity index is 868. The molecule has 3 aromatic carbocycles. The van der Waals surface area contributed by atoms with E-state index in [2.05, 4.69) is 61.5 Å². The minimum atomic E-state index is -0.880. The first-order valence-corrected chi connectivity index (χ1v) is 13.3. The van der Waals surface area contributed by atoms with E-state index in [0.29, 0.717) is 0 Å². The van der Waals surface area contributed by atoms with Crippen LogP contribution in [-0.4, -0.2) is 13.8 Å². The van der Waals surface area contributed by atoms with Crippen LogP contribution >= 0.6 is 0 Å². The number of hydrogen-bond donors (Lipinski definition) is 1. The number of benzene rings is 2. The van der Waals surface area contributed by atoms with E-state index in [1.165, 1.54) is 72.4 Å². The Kier molecular flexibility index (Phi) is 15.4. The van der Waals surface area contributed by atoms with Crippen LogP contribution in [0.15, 0.2) is 54.6 Å². The summed E-state index contributed by atoms with van der Waals surface area (Å²) in [5.41, 5.74) is 5.75. The van der Waals surface area contributed by atoms with Crippen molar-refractivity contribution in [1.82, 2.24) is 0 Å². The fourth-order valence-corrected chi connectivity index (χ4v) is 4.35. The molecule has 1 nitrogen and oxygen atoms in total. The van der Waals surface area contributed by atoms with Crippen LogP contribution in [0.25, 0.3) is 21.9 Å². The summed E-state index contributed by atoms with van der Waals surface area (Å²) in [4.78, 5) is 8.16. The monoisotopic (exact) mass is 550 g/mol. The van der Waals surface area contributed by atoms with Crippen LogP contribution in [-0.2, 0) is 32.6 Å². The van der Waals surface area contributed by atoms with E-state index in [1.807, 2.05) is 13.1 Å². The van der Waals surface area contributed by atoms with E-state index in [0.717, 1.165) is 5.92 Å². The second kappa shape index (κ2) is 15.5. The van der Waals surface area contributed by atoms with Crippen molar-refractivity contribution < 1.29 is 55.8 Å². The molecule has 1 fully saturated rings. The first-order valence-electron chi connectivity index (χ1n) is 10.9. The molecular weight excluding hydrogens is 519 g/mol. The molecule has 0 atom stereocenters. The molecule has 31 heavy (non-hydrogen) atoms. The summed E-state index contributed by atoms with van der Waals surface area (Å²) in [6.07, 6.45) is 9.36. The number of fused-ring (bicyclic) bond motifs is 1. The molecule has 0 saturated heterocycles. The summed E-state index contributed by atoms with van der Waals surface area (Å²) < 4.78 is 0. The predicted octanol–water partition coefficient (Wildman–Crippen LogP) is 1.46. The van der Waals surface area contributed by atoms with Gasteiger partial charge in [-0.1, -0.05) is 68.5 Å². The third-order valence-electron chi connectivity index (χ3n) is 5.65. The Morgan fingerprint density at radius 1 is 0.968 bits per heavy atom. The van der Waals surface area contributed by atoms with Gasteiger partial charge in [0.15, 0.2) is 9.04 Å². The SMILES string of the molecule is CCCc1cc2c(-c3ccc(C4CCCCC4)cc3)cccc2[cH-]1.C[Si](C)O.[Cl-].[Cl-].[Zr+3]. The topological polar surface area (TPSA) is 20.2 Å². The number of rotatable bonds is 4. The van der Waals surface area contributed by atoms with Crippen LogP contribution < -0.4 is 24.8 Å². The van der Waals surface area contributed by atoms with E-state index < -0.39 is 9.04 Å². The van der Waals surface area contributed by atoms with Gasteiger partial charge in [0.05, 0.1) is 0 Å². The maximum atomic E-state index is 8.16. The van der Waals surface area contributed by atoms with Crippen molar-refractivity contribution in [3.63, 3.8) is 0 Å². The molecule has 1 aliphatic carbocycles. The zero-order valence-corrected chi connectivity index (χ0v) is 23.9. The third kappa shape index (κ3) is 8.86. The van der Waals surface area contributed by atoms with Crippen molar-refractivity contribution in [3.8, 4) is 11.1 Å². The smallest absolute Gasteiger partial charge is 1.00 e. The van der Waals surface area contributed by atoms with Crippen molar-refractivity contribution in [2.45, 2.75) is 70.9 Å². The molecule has 4 rings (SSSR count). The summed E-state index contributed by atoms with van der Waals surface area (Å²) >= 11 is 0. The van der Waals surface area contributed by atoms with Crippen LogP contribution in [0.1, 0.15) is 62.5 Å². The Balaban J connectivity index is 0.00000119. The molecule has 166 valence electrons. The van der Waals surface area contributed by atoms with Crippen LogP contribution in [0.4, 0.5) is 0 Å². The van der Waals surface area contributed by atoms with Gasteiger partial charge >= 0.3 is 26.2 Å². The molecular formula is C26H34Cl2OSiZr. The quantitative estimate of drug-likeness (QED) is 0.384. The van der Waals surface area contributed by atoms with Gasteiger partial charge in [-0.2, -0.15) is 6.07 Å². The third-order valence-corrected chi connectivity index (χ3v) is 5.65. The van der Waals surface area contributed by atoms with Crippen molar-refractivity contribution in [1.29, 1.82) is 0 Å². The van der Waals surface area contributed by atoms with Crippen molar-refractivity contribution in [2.24, 2.45) is 0 Å². The van der Waals surface area contributed by atoms with Gasteiger partial charge in [0.1, 0.15) is 0 Å². The van der Waals surface area contributed by atoms with Gasteiger partial charge in [0.2, 0.25) is 0 Å². The Morgan fingerprint density at radius 2 is 1.58 bits per heavy atom. The maximum Gasteiger partial charge on any atom is 3.00 e. The molecule has 0 unspecified atom stereocenters. The van der Waals surface area contributed by atoms with Gasteiger partial charge in [0, 0.05) is 0 Å². The van der Waals surface area contributed by atoms with E-state index in [4.69, 9.17) is 4.80 Å². The van der Waals surface area contributed by atoms with Gasteiger partial charge in [0.25, 0.3) is 0 Å². The molecule has 0 aromatic heterocycles. The van der Waals surface area contributed by atoms with Crippen LogP contribution in [0, 0.1) is 0 Å². The number of hydrogen-bond acceptors (Lipinski definition) is 1. The van der Waals surface area contributed by atoms with Gasteiger partial charge < -0.3 is 29.6 Å². The molecule has 0 aliphatic heterocycles. The Labute approximate surface area is 222 Å². The Morgan fingerprint density at radius 3 is 2.16 bits per heavy atom. The predicted molar refractivity (Wildman–Crippen MR) is 124 cm³/mol. The summed E-state index contributed by atoms with van der Waals surface area (Å²) in [5, 5.41) is 2.79. The van der Waals surface area contributed by atoms with Crippen molar-refractivity contribution in [3.05, 3.63) is 65.7 Å². The van der Waals surface area contributed by atoms with Crippen LogP contribution in [0.3, 0.4) is 0 Å². The van der Waals surface area contributed by atoms with Crippen molar-refractivity contribution >= 4 is 19.8 Å². The standard InChI is InChI=1S/C24H27.C2H7OSi.2ClH.Zr/c1-2-7-18-16-22-10-6-11-23(24(22)17-18)21-14-12-20(13-15-21)19-8-4-3-5-9-19;1-4(2)3;;;/h6,10-17,19H,2-5,7-9H2,1H3;3H,1-2H3;2*1H;/q-1;;;;+3/p-2. The average Bonchev–Trinajstić information content (AvgIpc) is 3.11. The van der Waals surface area contributed by atoms with Crippen LogP contribution in [0.2, 0.25) is 13.1 Å². The van der Waals surface area contributed by atoms with Crippen LogP contribution in [0.5, 0.6) is 0 Å². The summed E-state index contributed by atoms with van der Waals surface area (Å²) in [7, 11) is -0.880. The van der Waals surface area contributed by atoms with Gasteiger partial charge in [-0.3, -0.25) is 0 Å². The molecule has 0 heterocycles. The maximum absolute atomic E-state index is 8.16. The average molecular weight is 553 g/mol. The molecule has 1 saturated carbocycles. The molecule has 2 radical (unpaired) electrons. The molecule has 0 amide bonds. The molecule has 0 spiro atoms. The zero-order chi connectivity index (χ0) is 19.9. The van der Waals surface area contributed by atoms with E-state index in [1.54, 1.807) is 5.56 Å². The van der Waals surface area contributed by atoms with Gasteiger partial charge in [-0.15, -0.1) is 34.5 Å². The minimum Gasteiger partial charge on any atom is -1.00 e. The first-order chi connectivity index (χ1) is 13.6. The van der Waals surface area contributed by atoms with E-state index in [-0.39, 0.29) is 51.0 Å². The van der Waals surface area contributed by atoms with Gasteiger partial charge in [-0.05, 0) is 49.4 Å². The van der Waals surface area contributed by atoms with Crippen molar-refractivity contribution in [2.75, 3.05) is 0 Å². The Hall–Kier alpha value is -0.310. The normalized spacial score (nSPS) is 13.5. The summed E-state index contributed by atoms with van der Waals surface area (Å²) in [6, 6.07) is 20.9. The molecule has 1 aliphatic rings. The molecule has 0 bridgehead atoms. The van der Waals surface area contributed by atoms with Gasteiger partial charge in [-0.25, -0.2) is 0 Å². The molecule has 1 N–H and O–H groups in total. The largest absolute Gasteiger partial charge is 3.00 e. The molecule has 3 aromatic rings. The second-order valence-corrected chi connectivity index (χ2v) is 10.2. The summed E-state index contributed by atoms with van der Waals surface area (Å²) in [6.45, 7) is 5.90. The molecule has 5 heteroatoms. The summed E-state index contributed by atoms with van der Waals surface area (Å²) in [5.74, 6) is 0.790. The fourth-order valence-electron chi connectivity index (χ4n) is 4.35. The number of aryl methyl sites for hydroxylation is 1. The zero-order valence-electron chi connectivity index (χ0n) is 18.9. The second-order valence-electron chi connectivity index (χ2n) is 8.33. The van der Waals surface area contributed by atoms with E-state index in [9.17, 15) is 0 Å².